The smallest absolute Gasteiger partial charge is 0.0601 e. The highest BCUT2D eigenvalue weighted by Crippen LogP contribution is 2.26. The molecule has 2 rings (SSSR count). The van der Waals surface area contributed by atoms with Crippen molar-refractivity contribution in [2.24, 2.45) is 0 Å². The summed E-state index contributed by atoms with van der Waals surface area (Å²) in [5, 5.41) is 1.38. The number of aromatic amines is 1. The second-order valence-electron chi connectivity index (χ2n) is 5.35. The zero-order valence-corrected chi connectivity index (χ0v) is 13.4. The molecule has 1 N–H and O–H groups in total. The van der Waals surface area contributed by atoms with Gasteiger partial charge < -0.3 is 4.98 Å². The molecule has 0 radical (unpaired) electrons. The van der Waals surface area contributed by atoms with Crippen LogP contribution < -0.4 is 0 Å². The SMILES string of the molecule is CCCCCCCCCc1c[nH]c2c(Br)cccc12. The number of aryl methyl sites for hydroxylation is 1. The van der Waals surface area contributed by atoms with Gasteiger partial charge in [-0.3, -0.25) is 0 Å². The van der Waals surface area contributed by atoms with Crippen molar-refractivity contribution in [3.8, 4) is 0 Å². The van der Waals surface area contributed by atoms with E-state index in [1.165, 1.54) is 67.8 Å². The van der Waals surface area contributed by atoms with E-state index in [1.807, 2.05) is 0 Å². The molecule has 0 fully saturated rings. The van der Waals surface area contributed by atoms with Crippen LogP contribution in [0.1, 0.15) is 57.4 Å². The van der Waals surface area contributed by atoms with Gasteiger partial charge in [-0.1, -0.05) is 57.6 Å². The van der Waals surface area contributed by atoms with E-state index in [9.17, 15) is 0 Å². The molecule has 1 nitrogen and oxygen atoms in total. The van der Waals surface area contributed by atoms with Gasteiger partial charge in [0.15, 0.2) is 0 Å². The van der Waals surface area contributed by atoms with Crippen LogP contribution >= 0.6 is 15.9 Å². The topological polar surface area (TPSA) is 15.8 Å². The first-order chi connectivity index (χ1) is 9.33. The number of hydrogen-bond donors (Lipinski definition) is 1. The first-order valence-electron chi connectivity index (χ1n) is 7.57. The van der Waals surface area contributed by atoms with Crippen molar-refractivity contribution < 1.29 is 0 Å². The number of para-hydroxylation sites is 1. The molecule has 0 atom stereocenters. The van der Waals surface area contributed by atoms with Crippen LogP contribution in [0.2, 0.25) is 0 Å². The number of fused-ring (bicyclic) bond motifs is 1. The van der Waals surface area contributed by atoms with E-state index >= 15 is 0 Å². The quantitative estimate of drug-likeness (QED) is 0.555. The summed E-state index contributed by atoms with van der Waals surface area (Å²) in [6, 6.07) is 6.43. The lowest BCUT2D eigenvalue weighted by atomic mass is 10.0. The van der Waals surface area contributed by atoms with E-state index in [1.54, 1.807) is 0 Å². The molecular weight excluding hydrogens is 298 g/mol. The summed E-state index contributed by atoms with van der Waals surface area (Å²) in [7, 11) is 0. The Labute approximate surface area is 124 Å². The van der Waals surface area contributed by atoms with Crippen molar-refractivity contribution in [3.05, 3.63) is 34.4 Å². The van der Waals surface area contributed by atoms with E-state index in [0.29, 0.717) is 0 Å². The number of rotatable bonds is 8. The summed E-state index contributed by atoms with van der Waals surface area (Å²) in [4.78, 5) is 3.38. The predicted molar refractivity (Wildman–Crippen MR) is 87.7 cm³/mol. The highest BCUT2D eigenvalue weighted by atomic mass is 79.9. The minimum Gasteiger partial charge on any atom is -0.360 e. The second kappa shape index (κ2) is 7.74. The predicted octanol–water partition coefficient (Wildman–Crippen LogP) is 6.22. The normalized spacial score (nSPS) is 11.3. The van der Waals surface area contributed by atoms with Crippen molar-refractivity contribution in [2.75, 3.05) is 0 Å². The third-order valence-corrected chi connectivity index (χ3v) is 4.46. The molecule has 1 aromatic heterocycles. The van der Waals surface area contributed by atoms with Crippen molar-refractivity contribution in [2.45, 2.75) is 58.3 Å². The summed E-state index contributed by atoms with van der Waals surface area (Å²) < 4.78 is 1.16. The fraction of sp³-hybridized carbons (Fsp3) is 0.529. The van der Waals surface area contributed by atoms with E-state index in [2.05, 4.69) is 52.2 Å². The van der Waals surface area contributed by atoms with E-state index < -0.39 is 0 Å². The minimum atomic E-state index is 1.16. The van der Waals surface area contributed by atoms with Gasteiger partial charge >= 0.3 is 0 Å². The molecule has 2 heteroatoms. The van der Waals surface area contributed by atoms with E-state index in [0.717, 1.165) is 4.47 Å². The number of nitrogens with one attached hydrogen (secondary N) is 1. The summed E-state index contributed by atoms with van der Waals surface area (Å²) >= 11 is 3.60. The average molecular weight is 322 g/mol. The number of halogens is 1. The molecule has 1 heterocycles. The van der Waals surface area contributed by atoms with Crippen LogP contribution in [0.4, 0.5) is 0 Å². The van der Waals surface area contributed by atoms with Crippen LogP contribution in [0.15, 0.2) is 28.9 Å². The van der Waals surface area contributed by atoms with Crippen LogP contribution in [0.25, 0.3) is 10.9 Å². The van der Waals surface area contributed by atoms with Crippen molar-refractivity contribution in [1.29, 1.82) is 0 Å². The monoisotopic (exact) mass is 321 g/mol. The number of aromatic nitrogens is 1. The maximum atomic E-state index is 3.60. The lowest BCUT2D eigenvalue weighted by Gasteiger charge is -2.01. The molecule has 0 unspecified atom stereocenters. The van der Waals surface area contributed by atoms with Crippen LogP contribution in [0.5, 0.6) is 0 Å². The molecule has 2 aromatic rings. The Kier molecular flexibility index (Phi) is 5.96. The summed E-state index contributed by atoms with van der Waals surface area (Å²) in [6.07, 6.45) is 13.0. The maximum absolute atomic E-state index is 3.60. The average Bonchev–Trinajstić information content (AvgIpc) is 2.83. The molecular formula is C17H24BrN. The first-order valence-corrected chi connectivity index (χ1v) is 8.36. The molecule has 0 saturated carbocycles. The Hall–Kier alpha value is -0.760. The molecule has 19 heavy (non-hydrogen) atoms. The van der Waals surface area contributed by atoms with Crippen LogP contribution in [-0.4, -0.2) is 4.98 Å². The first kappa shape index (κ1) is 14.6. The van der Waals surface area contributed by atoms with Gasteiger partial charge in [0.1, 0.15) is 0 Å². The van der Waals surface area contributed by atoms with Gasteiger partial charge in [-0.05, 0) is 40.4 Å². The summed E-state index contributed by atoms with van der Waals surface area (Å²) in [6.45, 7) is 2.27. The van der Waals surface area contributed by atoms with Gasteiger partial charge in [-0.15, -0.1) is 0 Å². The highest BCUT2D eigenvalue weighted by Gasteiger charge is 2.05. The standard InChI is InChI=1S/C17H24BrN/c1-2-3-4-5-6-7-8-10-14-13-19-17-15(14)11-9-12-16(17)18/h9,11-13,19H,2-8,10H2,1H3. The number of unbranched alkanes of at least 4 members (excludes halogenated alkanes) is 6. The molecule has 0 spiro atoms. The lowest BCUT2D eigenvalue weighted by molar-refractivity contribution is 0.590. The van der Waals surface area contributed by atoms with Crippen molar-refractivity contribution >= 4 is 26.8 Å². The Morgan fingerprint density at radius 2 is 1.74 bits per heavy atom. The van der Waals surface area contributed by atoms with Crippen molar-refractivity contribution in [3.63, 3.8) is 0 Å². The van der Waals surface area contributed by atoms with Gasteiger partial charge in [-0.2, -0.15) is 0 Å². The number of H-pyrrole nitrogens is 1. The highest BCUT2D eigenvalue weighted by molar-refractivity contribution is 9.10. The molecule has 0 aliphatic carbocycles. The zero-order valence-electron chi connectivity index (χ0n) is 11.8. The number of benzene rings is 1. The van der Waals surface area contributed by atoms with Crippen LogP contribution in [0.3, 0.4) is 0 Å². The Bertz CT molecular complexity index is 501. The van der Waals surface area contributed by atoms with Gasteiger partial charge in [0.05, 0.1) is 5.52 Å². The van der Waals surface area contributed by atoms with E-state index in [4.69, 9.17) is 0 Å². The Balaban J connectivity index is 1.77. The summed E-state index contributed by atoms with van der Waals surface area (Å²) in [5.41, 5.74) is 2.70. The second-order valence-corrected chi connectivity index (χ2v) is 6.20. The fourth-order valence-electron chi connectivity index (χ4n) is 2.65. The molecule has 0 saturated heterocycles. The van der Waals surface area contributed by atoms with Gasteiger partial charge in [0.25, 0.3) is 0 Å². The van der Waals surface area contributed by atoms with Gasteiger partial charge in [0.2, 0.25) is 0 Å². The van der Waals surface area contributed by atoms with Gasteiger partial charge in [-0.25, -0.2) is 0 Å². The molecule has 0 aliphatic heterocycles. The fourth-order valence-corrected chi connectivity index (χ4v) is 3.14. The third-order valence-electron chi connectivity index (χ3n) is 3.80. The molecule has 0 amide bonds. The van der Waals surface area contributed by atoms with Gasteiger partial charge in [0, 0.05) is 16.1 Å². The molecule has 1 aromatic carbocycles. The third kappa shape index (κ3) is 4.10. The van der Waals surface area contributed by atoms with Crippen LogP contribution in [0, 0.1) is 0 Å². The molecule has 104 valence electrons. The lowest BCUT2D eigenvalue weighted by Crippen LogP contribution is -1.85. The largest absolute Gasteiger partial charge is 0.360 e. The zero-order chi connectivity index (χ0) is 13.5. The minimum absolute atomic E-state index is 1.16. The molecule has 0 aliphatic rings. The van der Waals surface area contributed by atoms with Crippen molar-refractivity contribution in [1.82, 2.24) is 4.98 Å². The summed E-state index contributed by atoms with van der Waals surface area (Å²) in [5.74, 6) is 0. The molecule has 0 bridgehead atoms. The maximum Gasteiger partial charge on any atom is 0.0601 e. The van der Waals surface area contributed by atoms with Crippen LogP contribution in [-0.2, 0) is 6.42 Å². The number of hydrogen-bond acceptors (Lipinski definition) is 0. The van der Waals surface area contributed by atoms with E-state index in [-0.39, 0.29) is 0 Å². The Morgan fingerprint density at radius 1 is 1.00 bits per heavy atom. The Morgan fingerprint density at radius 3 is 2.53 bits per heavy atom.